The van der Waals surface area contributed by atoms with Crippen molar-refractivity contribution in [1.82, 2.24) is 9.36 Å². The molecule has 0 bridgehead atoms. The lowest BCUT2D eigenvalue weighted by Crippen LogP contribution is -2.20. The molecule has 1 heterocycles. The minimum absolute atomic E-state index is 0.0814. The van der Waals surface area contributed by atoms with Crippen LogP contribution in [0.3, 0.4) is 0 Å². The number of anilines is 1. The van der Waals surface area contributed by atoms with Crippen LogP contribution in [0.2, 0.25) is 0 Å². The summed E-state index contributed by atoms with van der Waals surface area (Å²) in [5, 5.41) is 3.13. The Bertz CT molecular complexity index is 819. The van der Waals surface area contributed by atoms with E-state index in [9.17, 15) is 4.79 Å². The van der Waals surface area contributed by atoms with E-state index >= 15 is 0 Å². The van der Waals surface area contributed by atoms with Crippen LogP contribution in [-0.2, 0) is 4.79 Å². The second-order valence-electron chi connectivity index (χ2n) is 5.03. The number of rotatable bonds is 7. The van der Waals surface area contributed by atoms with Gasteiger partial charge in [-0.3, -0.25) is 10.1 Å². The second-order valence-corrected chi connectivity index (χ2v) is 5.78. The maximum absolute atomic E-state index is 11.9. The summed E-state index contributed by atoms with van der Waals surface area (Å²) < 4.78 is 15.1. The summed E-state index contributed by atoms with van der Waals surface area (Å²) >= 11 is 1.13. The van der Waals surface area contributed by atoms with E-state index < -0.39 is 0 Å². The molecular formula is C18H17N3O3S. The summed E-state index contributed by atoms with van der Waals surface area (Å²) in [5.41, 5.74) is 0.862. The number of carbonyl (C=O) groups is 1. The van der Waals surface area contributed by atoms with E-state index in [0.29, 0.717) is 23.3 Å². The van der Waals surface area contributed by atoms with E-state index in [4.69, 9.17) is 9.47 Å². The Hall–Kier alpha value is -2.93. The third-order valence-electron chi connectivity index (χ3n) is 3.21. The second kappa shape index (κ2) is 8.25. The highest BCUT2D eigenvalue weighted by Gasteiger charge is 2.10. The number of hydrogen-bond donors (Lipinski definition) is 1. The first kappa shape index (κ1) is 16.9. The van der Waals surface area contributed by atoms with Gasteiger partial charge in [0.1, 0.15) is 11.5 Å². The Morgan fingerprint density at radius 1 is 1.04 bits per heavy atom. The Balaban J connectivity index is 1.56. The number of aromatic nitrogens is 2. The van der Waals surface area contributed by atoms with Gasteiger partial charge in [0.25, 0.3) is 5.91 Å². The SMILES string of the molecule is CCOc1ccc(-c2nsc(NC(=O)COc3ccccc3)n2)cc1. The lowest BCUT2D eigenvalue weighted by molar-refractivity contribution is -0.118. The van der Waals surface area contributed by atoms with E-state index in [0.717, 1.165) is 22.8 Å². The molecule has 0 aliphatic rings. The average molecular weight is 355 g/mol. The van der Waals surface area contributed by atoms with Gasteiger partial charge in [-0.2, -0.15) is 9.36 Å². The minimum atomic E-state index is -0.279. The quantitative estimate of drug-likeness (QED) is 0.701. The molecule has 1 N–H and O–H groups in total. The van der Waals surface area contributed by atoms with E-state index in [1.54, 1.807) is 12.1 Å². The number of ether oxygens (including phenoxy) is 2. The van der Waals surface area contributed by atoms with Crippen LogP contribution in [0.1, 0.15) is 6.92 Å². The Labute approximate surface area is 149 Å². The molecule has 1 amide bonds. The van der Waals surface area contributed by atoms with Gasteiger partial charge in [-0.1, -0.05) is 18.2 Å². The highest BCUT2D eigenvalue weighted by Crippen LogP contribution is 2.23. The zero-order valence-electron chi connectivity index (χ0n) is 13.6. The summed E-state index contributed by atoms with van der Waals surface area (Å²) in [5.74, 6) is 1.73. The molecule has 128 valence electrons. The van der Waals surface area contributed by atoms with E-state index in [-0.39, 0.29) is 12.5 Å². The summed E-state index contributed by atoms with van der Waals surface area (Å²) in [4.78, 5) is 16.3. The van der Waals surface area contributed by atoms with Crippen LogP contribution < -0.4 is 14.8 Å². The molecule has 3 aromatic rings. The number of nitrogens with one attached hydrogen (secondary N) is 1. The molecule has 0 saturated carbocycles. The number of para-hydroxylation sites is 1. The van der Waals surface area contributed by atoms with Gasteiger partial charge in [0, 0.05) is 17.1 Å². The van der Waals surface area contributed by atoms with E-state index in [1.165, 1.54) is 0 Å². The van der Waals surface area contributed by atoms with Crippen molar-refractivity contribution in [3.05, 3.63) is 54.6 Å². The lowest BCUT2D eigenvalue weighted by atomic mass is 10.2. The normalized spacial score (nSPS) is 10.3. The molecule has 0 aliphatic heterocycles. The van der Waals surface area contributed by atoms with Crippen molar-refractivity contribution in [1.29, 1.82) is 0 Å². The van der Waals surface area contributed by atoms with E-state index in [2.05, 4.69) is 14.7 Å². The van der Waals surface area contributed by atoms with Gasteiger partial charge in [0.05, 0.1) is 6.61 Å². The number of nitrogens with zero attached hydrogens (tertiary/aromatic N) is 2. The van der Waals surface area contributed by atoms with Gasteiger partial charge in [-0.05, 0) is 43.3 Å². The van der Waals surface area contributed by atoms with Crippen molar-refractivity contribution in [3.63, 3.8) is 0 Å². The Morgan fingerprint density at radius 2 is 1.76 bits per heavy atom. The molecule has 0 saturated heterocycles. The summed E-state index contributed by atoms with van der Waals surface area (Å²) in [6.07, 6.45) is 0. The zero-order chi connectivity index (χ0) is 17.5. The van der Waals surface area contributed by atoms with Crippen molar-refractivity contribution in [3.8, 4) is 22.9 Å². The van der Waals surface area contributed by atoms with Gasteiger partial charge < -0.3 is 9.47 Å². The van der Waals surface area contributed by atoms with Crippen molar-refractivity contribution >= 4 is 22.6 Å². The first-order chi connectivity index (χ1) is 12.2. The molecule has 0 atom stereocenters. The summed E-state index contributed by atoms with van der Waals surface area (Å²) in [6, 6.07) is 16.7. The highest BCUT2D eigenvalue weighted by molar-refractivity contribution is 7.10. The summed E-state index contributed by atoms with van der Waals surface area (Å²) in [7, 11) is 0. The average Bonchev–Trinajstić information content (AvgIpc) is 3.10. The van der Waals surface area contributed by atoms with Crippen molar-refractivity contribution in [2.24, 2.45) is 0 Å². The van der Waals surface area contributed by atoms with Crippen LogP contribution in [0.5, 0.6) is 11.5 Å². The molecule has 7 heteroatoms. The number of hydrogen-bond acceptors (Lipinski definition) is 6. The van der Waals surface area contributed by atoms with Crippen LogP contribution in [0.15, 0.2) is 54.6 Å². The molecule has 0 unspecified atom stereocenters. The molecule has 6 nitrogen and oxygen atoms in total. The van der Waals surface area contributed by atoms with Crippen molar-refractivity contribution in [2.75, 3.05) is 18.5 Å². The Kier molecular flexibility index (Phi) is 5.58. The first-order valence-corrected chi connectivity index (χ1v) is 8.56. The molecule has 0 fully saturated rings. The standard InChI is InChI=1S/C18H17N3O3S/c1-2-23-15-10-8-13(9-11-15)17-20-18(25-21-17)19-16(22)12-24-14-6-4-3-5-7-14/h3-11H,2,12H2,1H3,(H,19,20,21,22). The molecule has 0 spiro atoms. The molecular weight excluding hydrogens is 338 g/mol. The fraction of sp³-hybridized carbons (Fsp3) is 0.167. The predicted molar refractivity (Wildman–Crippen MR) is 97.1 cm³/mol. The van der Waals surface area contributed by atoms with Crippen molar-refractivity contribution in [2.45, 2.75) is 6.92 Å². The van der Waals surface area contributed by atoms with Gasteiger partial charge >= 0.3 is 0 Å². The lowest BCUT2D eigenvalue weighted by Gasteiger charge is -2.05. The molecule has 25 heavy (non-hydrogen) atoms. The van der Waals surface area contributed by atoms with Gasteiger partial charge in [0.15, 0.2) is 12.4 Å². The Morgan fingerprint density at radius 3 is 2.48 bits per heavy atom. The van der Waals surface area contributed by atoms with Crippen LogP contribution in [0.25, 0.3) is 11.4 Å². The maximum Gasteiger partial charge on any atom is 0.264 e. The van der Waals surface area contributed by atoms with Crippen LogP contribution in [0, 0.1) is 0 Å². The number of benzene rings is 2. The van der Waals surface area contributed by atoms with Crippen LogP contribution in [-0.4, -0.2) is 28.5 Å². The highest BCUT2D eigenvalue weighted by atomic mass is 32.1. The monoisotopic (exact) mass is 355 g/mol. The minimum Gasteiger partial charge on any atom is -0.494 e. The molecule has 1 aromatic heterocycles. The fourth-order valence-electron chi connectivity index (χ4n) is 2.08. The molecule has 3 rings (SSSR count). The smallest absolute Gasteiger partial charge is 0.264 e. The number of carbonyl (C=O) groups excluding carboxylic acids is 1. The predicted octanol–water partition coefficient (Wildman–Crippen LogP) is 3.62. The number of amides is 1. The van der Waals surface area contributed by atoms with Gasteiger partial charge in [-0.25, -0.2) is 0 Å². The van der Waals surface area contributed by atoms with E-state index in [1.807, 2.05) is 49.4 Å². The fourth-order valence-corrected chi connectivity index (χ4v) is 2.69. The molecule has 0 radical (unpaired) electrons. The third kappa shape index (κ3) is 4.77. The topological polar surface area (TPSA) is 73.3 Å². The first-order valence-electron chi connectivity index (χ1n) is 7.79. The zero-order valence-corrected chi connectivity index (χ0v) is 14.5. The molecule has 2 aromatic carbocycles. The van der Waals surface area contributed by atoms with Crippen molar-refractivity contribution < 1.29 is 14.3 Å². The third-order valence-corrected chi connectivity index (χ3v) is 3.84. The largest absolute Gasteiger partial charge is 0.494 e. The molecule has 0 aliphatic carbocycles. The van der Waals surface area contributed by atoms with Gasteiger partial charge in [-0.15, -0.1) is 0 Å². The van der Waals surface area contributed by atoms with Gasteiger partial charge in [0.2, 0.25) is 5.13 Å². The summed E-state index contributed by atoms with van der Waals surface area (Å²) in [6.45, 7) is 2.48. The van der Waals surface area contributed by atoms with Crippen LogP contribution in [0.4, 0.5) is 5.13 Å². The van der Waals surface area contributed by atoms with Crippen LogP contribution >= 0.6 is 11.5 Å². The maximum atomic E-state index is 11.9.